The zero-order valence-corrected chi connectivity index (χ0v) is 24.9. The zero-order valence-electron chi connectivity index (χ0n) is 23.3. The largest absolute Gasteiger partial charge is 0.395 e. The van der Waals surface area contributed by atoms with Crippen LogP contribution in [0, 0.1) is 5.82 Å². The molecule has 5 rings (SSSR count). The number of amides is 3. The molecule has 42 heavy (non-hydrogen) atoms. The third-order valence-corrected chi connectivity index (χ3v) is 9.13. The smallest absolute Gasteiger partial charge is 0.273 e. The van der Waals surface area contributed by atoms with E-state index in [1.54, 1.807) is 30.3 Å². The van der Waals surface area contributed by atoms with Gasteiger partial charge in [0, 0.05) is 22.8 Å². The number of aromatic nitrogens is 1. The first kappa shape index (κ1) is 30.0. The molecule has 1 aromatic heterocycles. The maximum Gasteiger partial charge on any atom is 0.273 e. The molecule has 3 amide bonds. The second-order valence-corrected chi connectivity index (χ2v) is 12.2. The number of carbonyl (C=O) groups excluding carboxylic acids is 3. The van der Waals surface area contributed by atoms with E-state index in [0.717, 1.165) is 75.7 Å². The molecule has 2 fully saturated rings. The molecule has 2 aliphatic rings. The number of benzene rings is 2. The van der Waals surface area contributed by atoms with Gasteiger partial charge in [0.2, 0.25) is 5.91 Å². The van der Waals surface area contributed by atoms with Crippen LogP contribution in [0.15, 0.2) is 48.5 Å². The van der Waals surface area contributed by atoms with Crippen molar-refractivity contribution in [2.45, 2.75) is 82.3 Å². The molecular weight excluding hydrogens is 577 g/mol. The molecule has 0 aliphatic heterocycles. The minimum atomic E-state index is -1.17. The summed E-state index contributed by atoms with van der Waals surface area (Å²) in [6.45, 7) is 0. The molecule has 0 unspecified atom stereocenters. The van der Waals surface area contributed by atoms with E-state index in [9.17, 15) is 18.8 Å². The third kappa shape index (κ3) is 6.93. The quantitative estimate of drug-likeness (QED) is 0.272. The topological polar surface area (TPSA) is 117 Å². The van der Waals surface area contributed by atoms with Crippen LogP contribution in [0.5, 0.6) is 0 Å². The highest BCUT2D eigenvalue weighted by molar-refractivity contribution is 7.09. The highest BCUT2D eigenvalue weighted by atomic mass is 35.5. The van der Waals surface area contributed by atoms with E-state index in [0.29, 0.717) is 10.6 Å². The highest BCUT2D eigenvalue weighted by Gasteiger charge is 2.37. The molecule has 2 aromatic carbocycles. The standard InChI is InChI=1S/C31H35ClFN5O3S/c32-20-16-14-19(15-17-20)27(30(40)36-23-11-5-2-6-12-23)38(24-13-7-8-21(33)18-24)31(41)28-25(34)26(37-42-28)29(39)35-22-9-3-1-4-10-22/h7-8,13-18,22-23,27H,1-6,9-12,34H2,(H,35,39)(H,36,40)/t27-/m1/s1. The van der Waals surface area contributed by atoms with Crippen molar-refractivity contribution in [2.75, 3.05) is 10.6 Å². The van der Waals surface area contributed by atoms with E-state index in [4.69, 9.17) is 17.3 Å². The molecular formula is C31H35ClFN5O3S. The zero-order chi connectivity index (χ0) is 29.6. The van der Waals surface area contributed by atoms with Gasteiger partial charge in [-0.15, -0.1) is 0 Å². The lowest BCUT2D eigenvalue weighted by Gasteiger charge is -2.33. The second-order valence-electron chi connectivity index (χ2n) is 11.0. The summed E-state index contributed by atoms with van der Waals surface area (Å²) in [5, 5.41) is 6.57. The summed E-state index contributed by atoms with van der Waals surface area (Å²) >= 11 is 6.95. The Labute approximate surface area is 254 Å². The fourth-order valence-electron chi connectivity index (χ4n) is 5.82. The van der Waals surface area contributed by atoms with Crippen molar-refractivity contribution in [1.29, 1.82) is 0 Å². The molecule has 2 saturated carbocycles. The third-order valence-electron chi connectivity index (χ3n) is 8.03. The first-order valence-corrected chi connectivity index (χ1v) is 15.7. The normalized spacial score (nSPS) is 16.9. The van der Waals surface area contributed by atoms with E-state index in [2.05, 4.69) is 15.0 Å². The first-order valence-electron chi connectivity index (χ1n) is 14.5. The van der Waals surface area contributed by atoms with Gasteiger partial charge in [0.1, 0.15) is 16.7 Å². The van der Waals surface area contributed by atoms with E-state index < -0.39 is 29.6 Å². The van der Waals surface area contributed by atoms with Crippen LogP contribution in [0.3, 0.4) is 0 Å². The molecule has 1 heterocycles. The van der Waals surface area contributed by atoms with Gasteiger partial charge in [0.15, 0.2) is 5.69 Å². The molecule has 1 atom stereocenters. The fourth-order valence-corrected chi connectivity index (χ4v) is 6.69. The van der Waals surface area contributed by atoms with Crippen LogP contribution >= 0.6 is 23.1 Å². The molecule has 222 valence electrons. The number of nitrogen functional groups attached to an aromatic ring is 1. The van der Waals surface area contributed by atoms with Crippen LogP contribution in [-0.4, -0.2) is 34.2 Å². The lowest BCUT2D eigenvalue weighted by molar-refractivity contribution is -0.123. The van der Waals surface area contributed by atoms with Gasteiger partial charge in [-0.2, -0.15) is 4.37 Å². The maximum absolute atomic E-state index is 14.6. The molecule has 11 heteroatoms. The number of rotatable bonds is 8. The monoisotopic (exact) mass is 611 g/mol. The van der Waals surface area contributed by atoms with E-state index >= 15 is 0 Å². The summed E-state index contributed by atoms with van der Waals surface area (Å²) in [7, 11) is 0. The van der Waals surface area contributed by atoms with Crippen molar-refractivity contribution in [3.63, 3.8) is 0 Å². The van der Waals surface area contributed by atoms with Crippen molar-refractivity contribution < 1.29 is 18.8 Å². The van der Waals surface area contributed by atoms with E-state index in [1.165, 1.54) is 23.1 Å². The van der Waals surface area contributed by atoms with Gasteiger partial charge in [0.25, 0.3) is 11.8 Å². The maximum atomic E-state index is 14.6. The molecule has 2 aliphatic carbocycles. The lowest BCUT2D eigenvalue weighted by atomic mass is 9.94. The number of carbonyl (C=O) groups is 3. The molecule has 0 saturated heterocycles. The summed E-state index contributed by atoms with van der Waals surface area (Å²) in [5.74, 6) is -2.07. The van der Waals surface area contributed by atoms with Crippen molar-refractivity contribution in [1.82, 2.24) is 15.0 Å². The Balaban J connectivity index is 1.52. The summed E-state index contributed by atoms with van der Waals surface area (Å²) in [4.78, 5) is 42.7. The predicted octanol–water partition coefficient (Wildman–Crippen LogP) is 6.42. The van der Waals surface area contributed by atoms with Crippen LogP contribution in [0.2, 0.25) is 5.02 Å². The number of hydrogen-bond acceptors (Lipinski definition) is 6. The van der Waals surface area contributed by atoms with E-state index in [-0.39, 0.29) is 34.0 Å². The number of anilines is 2. The van der Waals surface area contributed by atoms with Gasteiger partial charge >= 0.3 is 0 Å². The Hall–Kier alpha value is -3.50. The minimum Gasteiger partial charge on any atom is -0.395 e. The number of halogens is 2. The summed E-state index contributed by atoms with van der Waals surface area (Å²) in [5.41, 5.74) is 6.95. The van der Waals surface area contributed by atoms with Gasteiger partial charge in [-0.1, -0.05) is 68.3 Å². The molecule has 0 bridgehead atoms. The van der Waals surface area contributed by atoms with Gasteiger partial charge in [-0.05, 0) is 73.1 Å². The number of nitrogens with zero attached hydrogens (tertiary/aromatic N) is 2. The van der Waals surface area contributed by atoms with Crippen LogP contribution < -0.4 is 21.3 Å². The molecule has 0 radical (unpaired) electrons. The van der Waals surface area contributed by atoms with Crippen molar-refractivity contribution >= 4 is 52.2 Å². The van der Waals surface area contributed by atoms with Gasteiger partial charge in [-0.3, -0.25) is 19.3 Å². The summed E-state index contributed by atoms with van der Waals surface area (Å²) < 4.78 is 18.8. The highest BCUT2D eigenvalue weighted by Crippen LogP contribution is 2.34. The minimum absolute atomic E-state index is 0.00233. The Morgan fingerprint density at radius 2 is 1.55 bits per heavy atom. The van der Waals surface area contributed by atoms with E-state index in [1.807, 2.05) is 0 Å². The van der Waals surface area contributed by atoms with Gasteiger partial charge < -0.3 is 16.4 Å². The Morgan fingerprint density at radius 3 is 2.17 bits per heavy atom. The Kier molecular flexibility index (Phi) is 9.74. The summed E-state index contributed by atoms with van der Waals surface area (Å²) in [6.07, 6.45) is 9.80. The molecule has 8 nitrogen and oxygen atoms in total. The van der Waals surface area contributed by atoms with Crippen LogP contribution in [0.4, 0.5) is 15.8 Å². The number of hydrogen-bond donors (Lipinski definition) is 3. The first-order chi connectivity index (χ1) is 20.3. The lowest BCUT2D eigenvalue weighted by Crippen LogP contribution is -2.47. The number of nitrogens with two attached hydrogens (primary N) is 1. The Bertz CT molecular complexity index is 1420. The molecule has 0 spiro atoms. The fraction of sp³-hybridized carbons (Fsp3) is 0.419. The van der Waals surface area contributed by atoms with Gasteiger partial charge in [0.05, 0.1) is 5.69 Å². The molecule has 3 aromatic rings. The van der Waals surface area contributed by atoms with Crippen LogP contribution in [0.25, 0.3) is 0 Å². The van der Waals surface area contributed by atoms with Gasteiger partial charge in [-0.25, -0.2) is 4.39 Å². The predicted molar refractivity (Wildman–Crippen MR) is 163 cm³/mol. The average Bonchev–Trinajstić information content (AvgIpc) is 3.38. The van der Waals surface area contributed by atoms with Crippen LogP contribution in [0.1, 0.15) is 96.0 Å². The number of nitrogens with one attached hydrogen (secondary N) is 2. The molecule has 4 N–H and O–H groups in total. The average molecular weight is 612 g/mol. The summed E-state index contributed by atoms with van der Waals surface area (Å²) in [6, 6.07) is 11.0. The van der Waals surface area contributed by atoms with Crippen LogP contribution in [-0.2, 0) is 4.79 Å². The van der Waals surface area contributed by atoms with Crippen molar-refractivity contribution in [2.24, 2.45) is 0 Å². The SMILES string of the molecule is Nc1c(C(=O)NC2CCCCC2)nsc1C(=O)N(c1cccc(F)c1)[C@@H](C(=O)NC1CCCCC1)c1ccc(Cl)cc1. The van der Waals surface area contributed by atoms with Crippen molar-refractivity contribution in [3.8, 4) is 0 Å². The van der Waals surface area contributed by atoms with Crippen molar-refractivity contribution in [3.05, 3.63) is 75.5 Å². The second kappa shape index (κ2) is 13.6. The Morgan fingerprint density at radius 1 is 0.929 bits per heavy atom.